The van der Waals surface area contributed by atoms with E-state index in [4.69, 9.17) is 9.47 Å². The fraction of sp³-hybridized carbons (Fsp3) is 0.545. The number of anilines is 1. The molecule has 0 bridgehead atoms. The average molecular weight is 381 g/mol. The zero-order chi connectivity index (χ0) is 19.3. The summed E-state index contributed by atoms with van der Waals surface area (Å²) < 4.78 is 11.9. The molecule has 5 rings (SSSR count). The lowest BCUT2D eigenvalue weighted by molar-refractivity contribution is -0.144. The van der Waals surface area contributed by atoms with Gasteiger partial charge in [-0.25, -0.2) is 4.98 Å². The monoisotopic (exact) mass is 381 g/mol. The fourth-order valence-electron chi connectivity index (χ4n) is 4.82. The molecular weight excluding hydrogens is 354 g/mol. The number of H-pyrrole nitrogens is 1. The summed E-state index contributed by atoms with van der Waals surface area (Å²) in [6, 6.07) is 7.91. The summed E-state index contributed by atoms with van der Waals surface area (Å²) in [5, 5.41) is 3.33. The molecular formula is C22H27N3O3. The third-order valence-electron chi connectivity index (χ3n) is 6.62. The minimum Gasteiger partial charge on any atom is -0.459 e. The van der Waals surface area contributed by atoms with Crippen LogP contribution >= 0.6 is 0 Å². The van der Waals surface area contributed by atoms with E-state index in [2.05, 4.69) is 35.2 Å². The molecule has 1 aliphatic carbocycles. The van der Waals surface area contributed by atoms with Gasteiger partial charge in [0.15, 0.2) is 0 Å². The largest absolute Gasteiger partial charge is 0.459 e. The molecule has 0 spiro atoms. The van der Waals surface area contributed by atoms with Crippen molar-refractivity contribution < 1.29 is 14.3 Å². The van der Waals surface area contributed by atoms with Gasteiger partial charge in [-0.05, 0) is 51.7 Å². The van der Waals surface area contributed by atoms with Crippen LogP contribution in [0.15, 0.2) is 35.9 Å². The van der Waals surface area contributed by atoms with Gasteiger partial charge in [0, 0.05) is 12.5 Å². The first-order chi connectivity index (χ1) is 13.5. The second-order valence-electron chi connectivity index (χ2n) is 8.63. The first kappa shape index (κ1) is 17.7. The van der Waals surface area contributed by atoms with Gasteiger partial charge in [-0.15, -0.1) is 0 Å². The number of epoxide rings is 1. The van der Waals surface area contributed by atoms with Gasteiger partial charge in [-0.3, -0.25) is 4.79 Å². The molecule has 2 aromatic rings. The molecule has 0 unspecified atom stereocenters. The summed E-state index contributed by atoms with van der Waals surface area (Å²) in [7, 11) is 0. The number of nitrogens with zero attached hydrogens (tertiary/aromatic N) is 1. The van der Waals surface area contributed by atoms with E-state index in [1.807, 2.05) is 24.3 Å². The molecule has 148 valence electrons. The van der Waals surface area contributed by atoms with Crippen LogP contribution in [0.5, 0.6) is 0 Å². The van der Waals surface area contributed by atoms with E-state index in [0.29, 0.717) is 12.5 Å². The Hall–Kier alpha value is -2.34. The lowest BCUT2D eigenvalue weighted by Crippen LogP contribution is -2.32. The predicted octanol–water partition coefficient (Wildman–Crippen LogP) is 3.81. The fourth-order valence-corrected chi connectivity index (χ4v) is 4.82. The molecule has 28 heavy (non-hydrogen) atoms. The Bertz CT molecular complexity index is 903. The number of ether oxygens (including phenoxy) is 2. The number of benzene rings is 1. The van der Waals surface area contributed by atoms with E-state index in [-0.39, 0.29) is 35.6 Å². The molecule has 6 nitrogen and oxygen atoms in total. The summed E-state index contributed by atoms with van der Waals surface area (Å²) >= 11 is 0. The Kier molecular flexibility index (Phi) is 4.19. The van der Waals surface area contributed by atoms with Crippen LogP contribution in [0.25, 0.3) is 11.0 Å². The molecule has 5 atom stereocenters. The Labute approximate surface area is 164 Å². The number of para-hydroxylation sites is 2. The third kappa shape index (κ3) is 3.09. The van der Waals surface area contributed by atoms with Gasteiger partial charge in [0.05, 0.1) is 22.6 Å². The predicted molar refractivity (Wildman–Crippen MR) is 107 cm³/mol. The van der Waals surface area contributed by atoms with Crippen molar-refractivity contribution in [1.29, 1.82) is 0 Å². The van der Waals surface area contributed by atoms with Crippen LogP contribution in [-0.4, -0.2) is 40.3 Å². The van der Waals surface area contributed by atoms with Gasteiger partial charge < -0.3 is 19.8 Å². The molecule has 3 heterocycles. The number of hydrogen-bond donors (Lipinski definition) is 2. The quantitative estimate of drug-likeness (QED) is 0.480. The molecule has 2 saturated heterocycles. The van der Waals surface area contributed by atoms with Crippen LogP contribution in [0.4, 0.5) is 5.95 Å². The first-order valence-electron chi connectivity index (χ1n) is 10.3. The number of rotatable bonds is 3. The van der Waals surface area contributed by atoms with Crippen LogP contribution in [0, 0.1) is 11.8 Å². The van der Waals surface area contributed by atoms with Gasteiger partial charge in [-0.2, -0.15) is 0 Å². The maximum atomic E-state index is 12.7. The van der Waals surface area contributed by atoms with Gasteiger partial charge in [0.25, 0.3) is 0 Å². The third-order valence-corrected chi connectivity index (χ3v) is 6.62. The Balaban J connectivity index is 1.34. The molecule has 2 N–H and O–H groups in total. The van der Waals surface area contributed by atoms with Crippen LogP contribution in [0.3, 0.4) is 0 Å². The molecule has 0 saturated carbocycles. The van der Waals surface area contributed by atoms with E-state index in [0.717, 1.165) is 36.7 Å². The van der Waals surface area contributed by atoms with Gasteiger partial charge in [0.1, 0.15) is 12.2 Å². The number of fused-ring (bicyclic) bond motifs is 4. The highest BCUT2D eigenvalue weighted by Crippen LogP contribution is 2.50. The normalized spacial score (nSPS) is 36.8. The number of allylic oxidation sites excluding steroid dienone is 2. The molecule has 1 aromatic heterocycles. The summed E-state index contributed by atoms with van der Waals surface area (Å²) in [6.45, 7) is 4.85. The topological polar surface area (TPSA) is 79.5 Å². The molecule has 0 amide bonds. The van der Waals surface area contributed by atoms with Crippen molar-refractivity contribution in [3.63, 3.8) is 0 Å². The summed E-state index contributed by atoms with van der Waals surface area (Å²) in [5.74, 6) is 0.565. The van der Waals surface area contributed by atoms with E-state index < -0.39 is 0 Å². The van der Waals surface area contributed by atoms with Crippen LogP contribution in [-0.2, 0) is 14.3 Å². The van der Waals surface area contributed by atoms with Crippen molar-refractivity contribution in [3.05, 3.63) is 35.9 Å². The maximum Gasteiger partial charge on any atom is 0.311 e. The number of imidazole rings is 1. The van der Waals surface area contributed by atoms with Crippen molar-refractivity contribution in [2.24, 2.45) is 11.8 Å². The smallest absolute Gasteiger partial charge is 0.311 e. The Morgan fingerprint density at radius 2 is 2.21 bits per heavy atom. The first-order valence-corrected chi connectivity index (χ1v) is 10.3. The number of nitrogens with one attached hydrogen (secondary N) is 2. The maximum absolute atomic E-state index is 12.7. The number of carbonyl (C=O) groups excluding carboxylic acids is 1. The van der Waals surface area contributed by atoms with Crippen LogP contribution in [0.2, 0.25) is 0 Å². The van der Waals surface area contributed by atoms with E-state index >= 15 is 0 Å². The minimum atomic E-state index is -0.182. The molecule has 2 aliphatic heterocycles. The van der Waals surface area contributed by atoms with E-state index in [9.17, 15) is 4.79 Å². The minimum absolute atomic E-state index is 0.0319. The number of aromatic nitrogens is 2. The van der Waals surface area contributed by atoms with Gasteiger partial charge in [-0.1, -0.05) is 23.8 Å². The SMILES string of the molecule is C/C1=C\CC[C@@]2(C)O[C@@H]2[C@H]2OC(=O)[C@@H](CNc3nc4ccccc4[nH]3)[C@@H]2CC1. The summed E-state index contributed by atoms with van der Waals surface area (Å²) in [5.41, 5.74) is 3.14. The molecule has 2 fully saturated rings. The number of hydrogen-bond acceptors (Lipinski definition) is 5. The summed E-state index contributed by atoms with van der Waals surface area (Å²) in [6.07, 6.45) is 6.18. The van der Waals surface area contributed by atoms with Gasteiger partial charge >= 0.3 is 5.97 Å². The highest BCUT2D eigenvalue weighted by Gasteiger charge is 2.62. The van der Waals surface area contributed by atoms with Crippen molar-refractivity contribution in [1.82, 2.24) is 9.97 Å². The van der Waals surface area contributed by atoms with Crippen molar-refractivity contribution in [3.8, 4) is 0 Å². The van der Waals surface area contributed by atoms with E-state index in [1.165, 1.54) is 5.57 Å². The zero-order valence-electron chi connectivity index (χ0n) is 16.4. The second-order valence-corrected chi connectivity index (χ2v) is 8.63. The van der Waals surface area contributed by atoms with Crippen LogP contribution in [0.1, 0.15) is 39.5 Å². The van der Waals surface area contributed by atoms with Crippen molar-refractivity contribution in [2.75, 3.05) is 11.9 Å². The number of aromatic amines is 1. The molecule has 1 aromatic carbocycles. The highest BCUT2D eigenvalue weighted by molar-refractivity contribution is 5.78. The molecule has 0 radical (unpaired) electrons. The Morgan fingerprint density at radius 3 is 3.07 bits per heavy atom. The van der Waals surface area contributed by atoms with Crippen LogP contribution < -0.4 is 5.32 Å². The van der Waals surface area contributed by atoms with Crippen molar-refractivity contribution >= 4 is 23.0 Å². The number of carbonyl (C=O) groups is 1. The molecule has 3 aliphatic rings. The number of esters is 1. The second kappa shape index (κ2) is 6.62. The van der Waals surface area contributed by atoms with E-state index in [1.54, 1.807) is 0 Å². The van der Waals surface area contributed by atoms with Crippen molar-refractivity contribution in [2.45, 2.75) is 57.3 Å². The lowest BCUT2D eigenvalue weighted by atomic mass is 9.80. The lowest BCUT2D eigenvalue weighted by Gasteiger charge is -2.22. The Morgan fingerprint density at radius 1 is 1.36 bits per heavy atom. The highest BCUT2D eigenvalue weighted by atomic mass is 16.6. The summed E-state index contributed by atoms with van der Waals surface area (Å²) in [4.78, 5) is 20.5. The standard InChI is InChI=1S/C22H27N3O3/c1-13-6-5-11-22(2)19(28-22)18-14(10-9-13)15(20(26)27-18)12-23-21-24-16-7-3-4-8-17(16)25-21/h3-4,6-8,14-15,18-19H,5,9-12H2,1-2H3,(H2,23,24,25)/b13-6+/t14-,15-,18-,19+,22+/m0/s1. The average Bonchev–Trinajstić information content (AvgIpc) is 3.02. The molecule has 6 heteroatoms. The zero-order valence-corrected chi connectivity index (χ0v) is 16.4. The van der Waals surface area contributed by atoms with Gasteiger partial charge in [0.2, 0.25) is 5.95 Å².